The minimum atomic E-state index is -0.0609. The maximum atomic E-state index is 6.31. The topological polar surface area (TPSA) is 72.1 Å². The fraction of sp³-hybridized carbons (Fsp3) is 0.294. The van der Waals surface area contributed by atoms with Gasteiger partial charge in [-0.25, -0.2) is 9.97 Å². The first kappa shape index (κ1) is 27.4. The molecule has 0 aliphatic rings. The minimum absolute atomic E-state index is 0.0601. The van der Waals surface area contributed by atoms with Gasteiger partial charge in [-0.15, -0.1) is 0 Å². The maximum absolute atomic E-state index is 6.31. The number of para-hydroxylation sites is 1. The molecule has 6 heteroatoms. The van der Waals surface area contributed by atoms with Gasteiger partial charge < -0.3 is 19.8 Å². The summed E-state index contributed by atoms with van der Waals surface area (Å²) in [6.07, 6.45) is 1.67. The summed E-state index contributed by atoms with van der Waals surface area (Å²) < 4.78 is 12.5. The Morgan fingerprint density at radius 1 is 0.875 bits per heavy atom. The molecule has 2 heterocycles. The zero-order valence-corrected chi connectivity index (χ0v) is 24.2. The van der Waals surface area contributed by atoms with Gasteiger partial charge in [-0.1, -0.05) is 83.1 Å². The van der Waals surface area contributed by atoms with Crippen LogP contribution < -0.4 is 10.1 Å². The number of imidazole rings is 1. The smallest absolute Gasteiger partial charge is 0.243 e. The second-order valence-corrected chi connectivity index (χ2v) is 11.5. The van der Waals surface area contributed by atoms with Crippen molar-refractivity contribution in [3.8, 4) is 11.6 Å². The van der Waals surface area contributed by atoms with E-state index < -0.39 is 0 Å². The van der Waals surface area contributed by atoms with Crippen molar-refractivity contribution >= 4 is 22.7 Å². The van der Waals surface area contributed by atoms with Gasteiger partial charge in [0.25, 0.3) is 0 Å². The molecule has 0 spiro atoms. The van der Waals surface area contributed by atoms with Crippen LogP contribution in [0.1, 0.15) is 75.8 Å². The van der Waals surface area contributed by atoms with Crippen LogP contribution >= 0.6 is 0 Å². The van der Waals surface area contributed by atoms with Crippen LogP contribution in [0.2, 0.25) is 0 Å². The van der Waals surface area contributed by atoms with Gasteiger partial charge in [-0.2, -0.15) is 0 Å². The van der Waals surface area contributed by atoms with Gasteiger partial charge in [0.2, 0.25) is 11.8 Å². The second kappa shape index (κ2) is 11.5. The highest BCUT2D eigenvalue weighted by Crippen LogP contribution is 2.36. The maximum Gasteiger partial charge on any atom is 0.243 e. The molecule has 0 fully saturated rings. The van der Waals surface area contributed by atoms with Crippen molar-refractivity contribution in [1.82, 2.24) is 15.0 Å². The van der Waals surface area contributed by atoms with Crippen LogP contribution in [0.3, 0.4) is 0 Å². The van der Waals surface area contributed by atoms with E-state index in [9.17, 15) is 0 Å². The summed E-state index contributed by atoms with van der Waals surface area (Å²) in [5.41, 5.74) is 7.18. The van der Waals surface area contributed by atoms with E-state index >= 15 is 0 Å². The first-order valence-corrected chi connectivity index (χ1v) is 13.9. The number of hydrogen-bond acceptors (Lipinski definition) is 5. The fourth-order valence-electron chi connectivity index (χ4n) is 4.63. The highest BCUT2D eigenvalue weighted by molar-refractivity contribution is 5.79. The molecule has 5 aromatic rings. The number of benzene rings is 3. The van der Waals surface area contributed by atoms with E-state index in [0.717, 1.165) is 33.6 Å². The number of fused-ring (bicyclic) bond motifs is 1. The van der Waals surface area contributed by atoms with Gasteiger partial charge in [-0.3, -0.25) is 0 Å². The number of H-pyrrole nitrogens is 1. The third kappa shape index (κ3) is 6.35. The number of nitrogens with one attached hydrogen (secondary N) is 2. The molecule has 5 rings (SSSR count). The Bertz CT molecular complexity index is 1580. The number of nitrogens with zero attached hydrogens (tertiary/aromatic N) is 2. The van der Waals surface area contributed by atoms with Gasteiger partial charge in [0, 0.05) is 11.8 Å². The third-order valence-electron chi connectivity index (χ3n) is 7.05. The quantitative estimate of drug-likeness (QED) is 0.197. The van der Waals surface area contributed by atoms with E-state index in [-0.39, 0.29) is 11.5 Å². The summed E-state index contributed by atoms with van der Waals surface area (Å²) in [4.78, 5) is 12.6. The van der Waals surface area contributed by atoms with Gasteiger partial charge in [0.15, 0.2) is 0 Å². The van der Waals surface area contributed by atoms with Crippen molar-refractivity contribution < 1.29 is 9.47 Å². The number of rotatable bonds is 9. The summed E-state index contributed by atoms with van der Waals surface area (Å²) in [5.74, 6) is 2.42. The Labute approximate surface area is 236 Å². The van der Waals surface area contributed by atoms with Crippen LogP contribution in [0.5, 0.6) is 11.6 Å². The summed E-state index contributed by atoms with van der Waals surface area (Å²) in [6.45, 7) is 13.6. The highest BCUT2D eigenvalue weighted by atomic mass is 16.5. The lowest BCUT2D eigenvalue weighted by Crippen LogP contribution is -2.12. The number of ether oxygens (including phenoxy) is 2. The first-order valence-electron chi connectivity index (χ1n) is 13.9. The Balaban J connectivity index is 1.30. The van der Waals surface area contributed by atoms with Crippen LogP contribution in [0, 0.1) is 0 Å². The molecule has 40 heavy (non-hydrogen) atoms. The molecule has 0 aliphatic carbocycles. The molecule has 0 radical (unpaired) electrons. The van der Waals surface area contributed by atoms with Gasteiger partial charge in [0.05, 0.1) is 23.7 Å². The molecule has 0 amide bonds. The lowest BCUT2D eigenvalue weighted by Gasteiger charge is -2.22. The predicted octanol–water partition coefficient (Wildman–Crippen LogP) is 9.19. The van der Waals surface area contributed by atoms with E-state index in [2.05, 4.69) is 99.3 Å². The predicted molar refractivity (Wildman–Crippen MR) is 163 cm³/mol. The van der Waals surface area contributed by atoms with Crippen LogP contribution in [-0.2, 0) is 16.8 Å². The zero-order valence-electron chi connectivity index (χ0n) is 24.2. The lowest BCUT2D eigenvalue weighted by atomic mass is 9.86. The Hall–Kier alpha value is -4.16. The van der Waals surface area contributed by atoms with E-state index in [0.29, 0.717) is 24.4 Å². The summed E-state index contributed by atoms with van der Waals surface area (Å²) in [6, 6.07) is 26.7. The van der Waals surface area contributed by atoms with Crippen molar-refractivity contribution in [2.75, 3.05) is 5.32 Å². The number of anilines is 2. The van der Waals surface area contributed by atoms with Gasteiger partial charge >= 0.3 is 0 Å². The molecule has 1 unspecified atom stereocenters. The Morgan fingerprint density at radius 3 is 2.38 bits per heavy atom. The molecule has 0 bridgehead atoms. The molecule has 6 nitrogen and oxygen atoms in total. The van der Waals surface area contributed by atoms with Crippen molar-refractivity contribution in [3.63, 3.8) is 0 Å². The highest BCUT2D eigenvalue weighted by Gasteiger charge is 2.20. The molecule has 2 aromatic heterocycles. The molecule has 0 saturated carbocycles. The molecule has 0 saturated heterocycles. The zero-order chi connectivity index (χ0) is 28.3. The largest absolute Gasteiger partial charge is 0.437 e. The minimum Gasteiger partial charge on any atom is -0.437 e. The van der Waals surface area contributed by atoms with Gasteiger partial charge in [-0.05, 0) is 65.3 Å². The first-order chi connectivity index (χ1) is 19.2. The molecular formula is C34H38N4O2. The number of aromatic amines is 1. The molecule has 206 valence electrons. The van der Waals surface area contributed by atoms with E-state index in [1.807, 2.05) is 36.4 Å². The molecule has 2 N–H and O–H groups in total. The van der Waals surface area contributed by atoms with Crippen LogP contribution in [0.25, 0.3) is 11.0 Å². The fourth-order valence-corrected chi connectivity index (χ4v) is 4.63. The van der Waals surface area contributed by atoms with Crippen molar-refractivity contribution in [2.45, 2.75) is 65.6 Å². The summed E-state index contributed by atoms with van der Waals surface area (Å²) in [5, 5.41) is 3.36. The summed E-state index contributed by atoms with van der Waals surface area (Å²) in [7, 11) is 0. The Kier molecular flexibility index (Phi) is 7.90. The van der Waals surface area contributed by atoms with Crippen LogP contribution in [0.15, 0.2) is 85.1 Å². The van der Waals surface area contributed by atoms with E-state index in [1.165, 1.54) is 11.1 Å². The average Bonchev–Trinajstić information content (AvgIpc) is 3.34. The number of pyridine rings is 1. The molecule has 1 atom stereocenters. The normalized spacial score (nSPS) is 12.6. The number of hydrogen-bond donors (Lipinski definition) is 2. The number of aromatic nitrogens is 3. The van der Waals surface area contributed by atoms with Crippen LogP contribution in [-0.4, -0.2) is 15.0 Å². The van der Waals surface area contributed by atoms with Gasteiger partial charge in [0.1, 0.15) is 11.4 Å². The average molecular weight is 535 g/mol. The van der Waals surface area contributed by atoms with Crippen molar-refractivity contribution in [2.24, 2.45) is 0 Å². The van der Waals surface area contributed by atoms with Crippen LogP contribution in [0.4, 0.5) is 11.6 Å². The Morgan fingerprint density at radius 2 is 1.62 bits per heavy atom. The standard InChI is InChI=1S/C34H38N4O2/c1-22(2)25-15-13-24(14-16-25)21-39-23(3)26-17-18-28-30(20-26)38-33(36-28)37-29-11-9-19-35-32(29)40-31-12-8-7-10-27(31)34(4,5)6/h7-20,22-23H,21H2,1-6H3,(H2,36,37,38). The third-order valence-corrected chi connectivity index (χ3v) is 7.05. The van der Waals surface area contributed by atoms with E-state index in [4.69, 9.17) is 14.5 Å². The van der Waals surface area contributed by atoms with E-state index in [1.54, 1.807) is 6.20 Å². The lowest BCUT2D eigenvalue weighted by molar-refractivity contribution is 0.0526. The molecule has 0 aliphatic heterocycles. The second-order valence-electron chi connectivity index (χ2n) is 11.5. The molecule has 3 aromatic carbocycles. The van der Waals surface area contributed by atoms with Crippen molar-refractivity contribution in [3.05, 3.63) is 107 Å². The summed E-state index contributed by atoms with van der Waals surface area (Å²) >= 11 is 0. The molecular weight excluding hydrogens is 496 g/mol. The monoisotopic (exact) mass is 534 g/mol. The SMILES string of the molecule is CC(C)c1ccc(COC(C)c2ccc3nc(Nc4cccnc4Oc4ccccc4C(C)(C)C)[nH]c3c2)cc1. The van der Waals surface area contributed by atoms with Crippen molar-refractivity contribution in [1.29, 1.82) is 0 Å².